The molecule has 0 radical (unpaired) electrons. The zero-order chi connectivity index (χ0) is 16.2. The number of aromatic nitrogens is 2. The van der Waals surface area contributed by atoms with Gasteiger partial charge in [-0.05, 0) is 17.7 Å². The summed E-state index contributed by atoms with van der Waals surface area (Å²) in [7, 11) is -3.63. The first kappa shape index (κ1) is 17.6. The summed E-state index contributed by atoms with van der Waals surface area (Å²) in [5.41, 5.74) is 0.462. The molecule has 0 aliphatic heterocycles. The van der Waals surface area contributed by atoms with Crippen molar-refractivity contribution in [2.75, 3.05) is 10.5 Å². The average Bonchev–Trinajstić information content (AvgIpc) is 2.86. The molecule has 0 atom stereocenters. The van der Waals surface area contributed by atoms with Crippen LogP contribution < -0.4 is 4.72 Å². The molecule has 1 heterocycles. The summed E-state index contributed by atoms with van der Waals surface area (Å²) in [4.78, 5) is 0. The highest BCUT2D eigenvalue weighted by molar-refractivity contribution is 8.01. The van der Waals surface area contributed by atoms with E-state index in [-0.39, 0.29) is 10.9 Å². The van der Waals surface area contributed by atoms with Gasteiger partial charge in [0.1, 0.15) is 0 Å². The molecule has 1 aromatic heterocycles. The molecule has 0 spiro atoms. The Morgan fingerprint density at radius 3 is 2.82 bits per heavy atom. The van der Waals surface area contributed by atoms with Crippen LogP contribution in [0.3, 0.4) is 0 Å². The van der Waals surface area contributed by atoms with E-state index >= 15 is 0 Å². The number of nitrogens with one attached hydrogen (secondary N) is 1. The van der Waals surface area contributed by atoms with Gasteiger partial charge in [0.25, 0.3) is 0 Å². The number of thioether (sulfide) groups is 1. The van der Waals surface area contributed by atoms with Crippen molar-refractivity contribution in [3.05, 3.63) is 46.5 Å². The second-order valence-electron chi connectivity index (χ2n) is 4.07. The fourth-order valence-electron chi connectivity index (χ4n) is 1.45. The smallest absolute Gasteiger partial charge is 0.238 e. The largest absolute Gasteiger partial charge is 0.257 e. The fourth-order valence-corrected chi connectivity index (χ4v) is 4.96. The maximum atomic E-state index is 12.1. The molecule has 5 nitrogen and oxygen atoms in total. The van der Waals surface area contributed by atoms with Crippen molar-refractivity contribution in [3.63, 3.8) is 0 Å². The maximum absolute atomic E-state index is 12.1. The molecule has 0 aliphatic rings. The highest BCUT2D eigenvalue weighted by atomic mass is 35.5. The van der Waals surface area contributed by atoms with Crippen LogP contribution in [0.5, 0.6) is 0 Å². The Labute approximate surface area is 146 Å². The summed E-state index contributed by atoms with van der Waals surface area (Å²) >= 11 is 14.4. The molecule has 1 N–H and O–H groups in total. The summed E-state index contributed by atoms with van der Waals surface area (Å²) in [5.74, 6) is 0.416. The molecule has 0 saturated heterocycles. The van der Waals surface area contributed by atoms with Crippen molar-refractivity contribution in [3.8, 4) is 0 Å². The third-order valence-electron chi connectivity index (χ3n) is 2.33. The van der Waals surface area contributed by atoms with Crippen molar-refractivity contribution in [1.82, 2.24) is 10.2 Å². The molecule has 1 aromatic carbocycles. The van der Waals surface area contributed by atoms with Crippen LogP contribution in [0.15, 0.2) is 35.2 Å². The highest BCUT2D eigenvalue weighted by Gasteiger charge is 2.17. The maximum Gasteiger partial charge on any atom is 0.238 e. The molecule has 22 heavy (non-hydrogen) atoms. The summed E-state index contributed by atoms with van der Waals surface area (Å²) in [5, 5.41) is 8.66. The Bertz CT molecular complexity index is 778. The van der Waals surface area contributed by atoms with Crippen LogP contribution in [0.4, 0.5) is 5.13 Å². The standard InChI is InChI=1S/C12H11Cl2N3O2S3/c1-2-5-20-12-16-15-11(21-12)17-22(18,19)7-8-3-4-9(13)6-10(8)14/h2-4,6H,1,5,7H2,(H,15,17). The van der Waals surface area contributed by atoms with Gasteiger partial charge in [-0.2, -0.15) is 0 Å². The van der Waals surface area contributed by atoms with Gasteiger partial charge in [-0.15, -0.1) is 16.8 Å². The van der Waals surface area contributed by atoms with Crippen LogP contribution >= 0.6 is 46.3 Å². The Kier molecular flexibility index (Phi) is 6.10. The lowest BCUT2D eigenvalue weighted by Gasteiger charge is -2.06. The van der Waals surface area contributed by atoms with Crippen LogP contribution in [0.1, 0.15) is 5.56 Å². The molecular weight excluding hydrogens is 385 g/mol. The fraction of sp³-hybridized carbons (Fsp3) is 0.167. The number of hydrogen-bond acceptors (Lipinski definition) is 6. The van der Waals surface area contributed by atoms with Crippen LogP contribution in [0, 0.1) is 0 Å². The first-order valence-corrected chi connectivity index (χ1v) is 10.1. The summed E-state index contributed by atoms with van der Waals surface area (Å²) in [6.45, 7) is 3.61. The summed E-state index contributed by atoms with van der Waals surface area (Å²) in [6.07, 6.45) is 1.73. The van der Waals surface area contributed by atoms with E-state index in [2.05, 4.69) is 21.5 Å². The predicted octanol–water partition coefficient (Wildman–Crippen LogP) is 4.06. The van der Waals surface area contributed by atoms with E-state index in [9.17, 15) is 8.42 Å². The van der Waals surface area contributed by atoms with Crippen molar-refractivity contribution < 1.29 is 8.42 Å². The molecule has 118 valence electrons. The average molecular weight is 396 g/mol. The lowest BCUT2D eigenvalue weighted by molar-refractivity contribution is 0.600. The zero-order valence-corrected chi connectivity index (χ0v) is 15.1. The van der Waals surface area contributed by atoms with Crippen molar-refractivity contribution in [1.29, 1.82) is 0 Å². The van der Waals surface area contributed by atoms with E-state index in [1.807, 2.05) is 0 Å². The Morgan fingerprint density at radius 2 is 2.14 bits per heavy atom. The van der Waals surface area contributed by atoms with E-state index in [1.54, 1.807) is 18.2 Å². The molecule has 0 fully saturated rings. The van der Waals surface area contributed by atoms with Crippen molar-refractivity contribution >= 4 is 61.5 Å². The highest BCUT2D eigenvalue weighted by Crippen LogP contribution is 2.27. The quantitative estimate of drug-likeness (QED) is 0.564. The number of halogens is 2. The lowest BCUT2D eigenvalue weighted by Crippen LogP contribution is -2.15. The van der Waals surface area contributed by atoms with Gasteiger partial charge in [0.05, 0.1) is 5.75 Å². The minimum Gasteiger partial charge on any atom is -0.257 e. The SMILES string of the molecule is C=CCSc1nnc(NS(=O)(=O)Cc2ccc(Cl)cc2Cl)s1. The van der Waals surface area contributed by atoms with Crippen LogP contribution in [-0.2, 0) is 15.8 Å². The molecule has 2 rings (SSSR count). The van der Waals surface area contributed by atoms with Crippen molar-refractivity contribution in [2.24, 2.45) is 0 Å². The van der Waals surface area contributed by atoms with E-state index < -0.39 is 10.0 Å². The van der Waals surface area contributed by atoms with Gasteiger partial charge >= 0.3 is 0 Å². The van der Waals surface area contributed by atoms with Crippen LogP contribution in [0.25, 0.3) is 0 Å². The van der Waals surface area contributed by atoms with E-state index in [1.165, 1.54) is 29.2 Å². The second kappa shape index (κ2) is 7.65. The Morgan fingerprint density at radius 1 is 1.36 bits per heavy atom. The Balaban J connectivity index is 2.07. The third kappa shape index (κ3) is 5.13. The molecule has 0 unspecified atom stereocenters. The molecule has 10 heteroatoms. The van der Waals surface area contributed by atoms with Gasteiger partial charge < -0.3 is 0 Å². The molecule has 0 aliphatic carbocycles. The number of sulfonamides is 1. The molecule has 0 amide bonds. The molecule has 2 aromatic rings. The number of anilines is 1. The van der Waals surface area contributed by atoms with E-state index in [4.69, 9.17) is 23.2 Å². The van der Waals surface area contributed by atoms with Gasteiger partial charge in [-0.25, -0.2) is 8.42 Å². The lowest BCUT2D eigenvalue weighted by atomic mass is 10.2. The van der Waals surface area contributed by atoms with Crippen LogP contribution in [-0.4, -0.2) is 24.4 Å². The van der Waals surface area contributed by atoms with Crippen molar-refractivity contribution in [2.45, 2.75) is 10.1 Å². The number of nitrogens with zero attached hydrogens (tertiary/aromatic N) is 2. The predicted molar refractivity (Wildman–Crippen MR) is 93.5 cm³/mol. The molecular formula is C12H11Cl2N3O2S3. The van der Waals surface area contributed by atoms with Gasteiger partial charge in [-0.1, -0.05) is 58.4 Å². The zero-order valence-electron chi connectivity index (χ0n) is 11.1. The van der Waals surface area contributed by atoms with Gasteiger partial charge in [0.2, 0.25) is 15.2 Å². The monoisotopic (exact) mass is 395 g/mol. The number of benzene rings is 1. The normalized spacial score (nSPS) is 11.4. The van der Waals surface area contributed by atoms with Gasteiger partial charge in [-0.3, -0.25) is 4.72 Å². The molecule has 0 bridgehead atoms. The first-order valence-electron chi connectivity index (χ1n) is 5.91. The van der Waals surface area contributed by atoms with E-state index in [0.29, 0.717) is 25.7 Å². The number of rotatable bonds is 7. The van der Waals surface area contributed by atoms with Crippen LogP contribution in [0.2, 0.25) is 10.0 Å². The summed E-state index contributed by atoms with van der Waals surface area (Å²) in [6, 6.07) is 4.67. The van der Waals surface area contributed by atoms with Gasteiger partial charge in [0, 0.05) is 15.8 Å². The third-order valence-corrected chi connectivity index (χ3v) is 6.21. The molecule has 0 saturated carbocycles. The summed E-state index contributed by atoms with van der Waals surface area (Å²) < 4.78 is 27.3. The van der Waals surface area contributed by atoms with Gasteiger partial charge in [0.15, 0.2) is 4.34 Å². The Hall–Kier alpha value is -0.800. The second-order valence-corrected chi connectivity index (χ2v) is 8.88. The topological polar surface area (TPSA) is 72.0 Å². The number of hydrogen-bond donors (Lipinski definition) is 1. The first-order chi connectivity index (χ1) is 10.4. The van der Waals surface area contributed by atoms with E-state index in [0.717, 1.165) is 0 Å². The minimum absolute atomic E-state index is 0.219. The minimum atomic E-state index is -3.63.